The molecule has 0 amide bonds. The normalized spacial score (nSPS) is 16.6. The van der Waals surface area contributed by atoms with Gasteiger partial charge in [0.15, 0.2) is 0 Å². The molecule has 0 aromatic heterocycles. The molecule has 4 nitrogen and oxygen atoms in total. The van der Waals surface area contributed by atoms with Crippen molar-refractivity contribution in [1.82, 2.24) is 0 Å². The Balaban J connectivity index is 2.62. The van der Waals surface area contributed by atoms with Crippen LogP contribution in [-0.4, -0.2) is 18.7 Å². The SMILES string of the molecule is CC=C=C(c1ccccc1)C1(C(=O)P(=O)(OCC)OCC)CCCCC1. The molecule has 0 atom stereocenters. The van der Waals surface area contributed by atoms with Gasteiger partial charge in [0.05, 0.1) is 18.6 Å². The molecule has 0 saturated heterocycles. The molecule has 142 valence electrons. The van der Waals surface area contributed by atoms with E-state index in [9.17, 15) is 9.36 Å². The van der Waals surface area contributed by atoms with Gasteiger partial charge in [-0.1, -0.05) is 49.6 Å². The Morgan fingerprint density at radius 3 is 2.19 bits per heavy atom. The van der Waals surface area contributed by atoms with Crippen LogP contribution in [0.1, 0.15) is 58.4 Å². The third-order valence-electron chi connectivity index (χ3n) is 4.79. The molecule has 0 N–H and O–H groups in total. The summed E-state index contributed by atoms with van der Waals surface area (Å²) in [6.45, 7) is 5.69. The minimum Gasteiger partial charge on any atom is -0.303 e. The van der Waals surface area contributed by atoms with E-state index in [1.807, 2.05) is 43.3 Å². The summed E-state index contributed by atoms with van der Waals surface area (Å²) in [5.74, 6) is 0. The van der Waals surface area contributed by atoms with E-state index in [1.165, 1.54) is 0 Å². The van der Waals surface area contributed by atoms with Crippen LogP contribution in [0.3, 0.4) is 0 Å². The summed E-state index contributed by atoms with van der Waals surface area (Å²) >= 11 is 0. The van der Waals surface area contributed by atoms with E-state index < -0.39 is 18.5 Å². The predicted molar refractivity (Wildman–Crippen MR) is 105 cm³/mol. The van der Waals surface area contributed by atoms with Crippen LogP contribution in [0, 0.1) is 5.41 Å². The van der Waals surface area contributed by atoms with E-state index in [-0.39, 0.29) is 13.2 Å². The molecule has 0 spiro atoms. The zero-order valence-corrected chi connectivity index (χ0v) is 16.9. The summed E-state index contributed by atoms with van der Waals surface area (Å²) in [5, 5.41) is 0. The standard InChI is InChI=1S/C21H29O4P/c1-4-13-19(18-14-9-7-10-15-18)21(16-11-8-12-17-21)20(22)26(23,24-5-2)25-6-3/h4,7,9-10,14-15H,5-6,8,11-12,16-17H2,1-3H3. The van der Waals surface area contributed by atoms with Crippen LogP contribution in [0.15, 0.2) is 42.1 Å². The molecule has 1 saturated carbocycles. The highest BCUT2D eigenvalue weighted by atomic mass is 31.2. The van der Waals surface area contributed by atoms with Crippen LogP contribution in [0.25, 0.3) is 5.57 Å². The van der Waals surface area contributed by atoms with E-state index in [2.05, 4.69) is 5.73 Å². The van der Waals surface area contributed by atoms with Crippen molar-refractivity contribution in [3.63, 3.8) is 0 Å². The largest absolute Gasteiger partial charge is 0.397 e. The molecule has 1 aromatic carbocycles. The fraction of sp³-hybridized carbons (Fsp3) is 0.524. The highest BCUT2D eigenvalue weighted by Crippen LogP contribution is 2.60. The summed E-state index contributed by atoms with van der Waals surface area (Å²) < 4.78 is 24.1. The molecule has 1 fully saturated rings. The van der Waals surface area contributed by atoms with Gasteiger partial charge >= 0.3 is 7.60 Å². The number of allylic oxidation sites excluding steroid dienone is 1. The lowest BCUT2D eigenvalue weighted by Gasteiger charge is -2.38. The molecule has 2 rings (SSSR count). The molecule has 0 unspecified atom stereocenters. The van der Waals surface area contributed by atoms with Gasteiger partial charge in [-0.15, -0.1) is 5.73 Å². The van der Waals surface area contributed by atoms with Gasteiger partial charge < -0.3 is 9.05 Å². The van der Waals surface area contributed by atoms with Crippen molar-refractivity contribution in [3.05, 3.63) is 47.7 Å². The van der Waals surface area contributed by atoms with Gasteiger partial charge in [0.1, 0.15) is 0 Å². The van der Waals surface area contributed by atoms with Crippen molar-refractivity contribution >= 4 is 18.7 Å². The summed E-state index contributed by atoms with van der Waals surface area (Å²) in [7, 11) is -3.86. The Morgan fingerprint density at radius 1 is 1.12 bits per heavy atom. The van der Waals surface area contributed by atoms with E-state index in [0.717, 1.165) is 30.4 Å². The molecular formula is C21H29O4P. The number of hydrogen-bond donors (Lipinski definition) is 0. The van der Waals surface area contributed by atoms with Crippen LogP contribution >= 0.6 is 7.60 Å². The zero-order chi connectivity index (χ0) is 19.0. The van der Waals surface area contributed by atoms with Gasteiger partial charge in [-0.25, -0.2) is 0 Å². The quantitative estimate of drug-likeness (QED) is 0.413. The Bertz CT molecular complexity index is 701. The molecule has 0 radical (unpaired) electrons. The second-order valence-corrected chi connectivity index (χ2v) is 8.37. The first-order valence-electron chi connectivity index (χ1n) is 9.45. The first kappa shape index (κ1) is 20.9. The maximum Gasteiger partial charge on any atom is 0.397 e. The smallest absolute Gasteiger partial charge is 0.303 e. The number of rotatable bonds is 8. The molecular weight excluding hydrogens is 347 g/mol. The average molecular weight is 376 g/mol. The van der Waals surface area contributed by atoms with Gasteiger partial charge in [0.2, 0.25) is 0 Å². The maximum absolute atomic E-state index is 13.6. The topological polar surface area (TPSA) is 52.6 Å². The molecule has 0 heterocycles. The second-order valence-electron chi connectivity index (χ2n) is 6.45. The number of hydrogen-bond acceptors (Lipinski definition) is 4. The molecule has 1 aromatic rings. The summed E-state index contributed by atoms with van der Waals surface area (Å²) in [6.07, 6.45) is 5.98. The summed E-state index contributed by atoms with van der Waals surface area (Å²) in [6, 6.07) is 9.78. The van der Waals surface area contributed by atoms with Crippen molar-refractivity contribution in [3.8, 4) is 0 Å². The maximum atomic E-state index is 13.6. The van der Waals surface area contributed by atoms with E-state index in [1.54, 1.807) is 13.8 Å². The van der Waals surface area contributed by atoms with Crippen molar-refractivity contribution in [2.75, 3.05) is 13.2 Å². The van der Waals surface area contributed by atoms with E-state index in [0.29, 0.717) is 12.8 Å². The Labute approximate surface area is 156 Å². The third-order valence-corrected chi connectivity index (χ3v) is 6.91. The summed E-state index contributed by atoms with van der Waals surface area (Å²) in [5.41, 5.74) is 3.71. The molecule has 0 bridgehead atoms. The molecule has 0 aliphatic heterocycles. The minimum atomic E-state index is -3.86. The third kappa shape index (κ3) is 4.27. The van der Waals surface area contributed by atoms with Crippen LogP contribution in [-0.2, 0) is 18.4 Å². The number of benzene rings is 1. The van der Waals surface area contributed by atoms with Crippen LogP contribution in [0.2, 0.25) is 0 Å². The number of carbonyl (C=O) groups is 1. The Hall–Kier alpha value is -1.44. The van der Waals surface area contributed by atoms with E-state index in [4.69, 9.17) is 9.05 Å². The molecule has 5 heteroatoms. The average Bonchev–Trinajstić information content (AvgIpc) is 2.67. The molecule has 26 heavy (non-hydrogen) atoms. The van der Waals surface area contributed by atoms with Crippen molar-refractivity contribution in [1.29, 1.82) is 0 Å². The van der Waals surface area contributed by atoms with E-state index >= 15 is 0 Å². The van der Waals surface area contributed by atoms with Crippen molar-refractivity contribution in [2.24, 2.45) is 5.41 Å². The minimum absolute atomic E-state index is 0.174. The predicted octanol–water partition coefficient (Wildman–Crippen LogP) is 5.99. The lowest BCUT2D eigenvalue weighted by atomic mass is 9.68. The first-order valence-corrected chi connectivity index (χ1v) is 11.0. The lowest BCUT2D eigenvalue weighted by molar-refractivity contribution is -0.121. The zero-order valence-electron chi connectivity index (χ0n) is 16.0. The molecule has 1 aliphatic carbocycles. The number of carbonyl (C=O) groups excluding carboxylic acids is 1. The molecule has 1 aliphatic rings. The Kier molecular flexibility index (Phi) is 7.61. The fourth-order valence-corrected chi connectivity index (χ4v) is 5.58. The summed E-state index contributed by atoms with van der Waals surface area (Å²) in [4.78, 5) is 13.6. The first-order chi connectivity index (χ1) is 12.5. The van der Waals surface area contributed by atoms with Gasteiger partial charge in [0, 0.05) is 5.57 Å². The second kappa shape index (κ2) is 9.48. The van der Waals surface area contributed by atoms with Crippen molar-refractivity contribution in [2.45, 2.75) is 52.9 Å². The van der Waals surface area contributed by atoms with Gasteiger partial charge in [-0.3, -0.25) is 9.36 Å². The van der Waals surface area contributed by atoms with Gasteiger partial charge in [0.25, 0.3) is 5.52 Å². The highest BCUT2D eigenvalue weighted by Gasteiger charge is 2.52. The van der Waals surface area contributed by atoms with Gasteiger partial charge in [-0.2, -0.15) is 0 Å². The lowest BCUT2D eigenvalue weighted by Crippen LogP contribution is -2.35. The van der Waals surface area contributed by atoms with Crippen LogP contribution < -0.4 is 0 Å². The Morgan fingerprint density at radius 2 is 1.69 bits per heavy atom. The monoisotopic (exact) mass is 376 g/mol. The highest BCUT2D eigenvalue weighted by molar-refractivity contribution is 7.72. The van der Waals surface area contributed by atoms with Crippen LogP contribution in [0.4, 0.5) is 0 Å². The van der Waals surface area contributed by atoms with Crippen molar-refractivity contribution < 1.29 is 18.4 Å². The van der Waals surface area contributed by atoms with Crippen LogP contribution in [0.5, 0.6) is 0 Å². The fourth-order valence-electron chi connectivity index (χ4n) is 3.73. The van der Waals surface area contributed by atoms with Gasteiger partial charge in [-0.05, 0) is 45.3 Å².